The van der Waals surface area contributed by atoms with E-state index in [4.69, 9.17) is 0 Å². The fraction of sp³-hybridized carbons (Fsp3) is 0.250. The largest absolute Gasteiger partial charge is 0.732 e. The maximum atomic E-state index is 10.2. The lowest BCUT2D eigenvalue weighted by molar-refractivity contribution is -0.0564. The fourth-order valence-electron chi connectivity index (χ4n) is 0.163. The first-order valence-corrected chi connectivity index (χ1v) is 1.89. The van der Waals surface area contributed by atoms with E-state index in [1.54, 1.807) is 0 Å². The molecule has 0 rings (SSSR count). The van der Waals surface area contributed by atoms with Crippen molar-refractivity contribution >= 4 is 6.72 Å². The SMILES string of the molecule is C=NC(=C)N([O-])OC. The average molecular weight is 115 g/mol. The van der Waals surface area contributed by atoms with Crippen molar-refractivity contribution in [2.24, 2.45) is 4.99 Å². The van der Waals surface area contributed by atoms with Gasteiger partial charge in [0.2, 0.25) is 0 Å². The smallest absolute Gasteiger partial charge is 0.134 e. The number of hydrogen-bond donors (Lipinski definition) is 0. The minimum absolute atomic E-state index is 0.0486. The zero-order valence-electron chi connectivity index (χ0n) is 4.63. The van der Waals surface area contributed by atoms with Crippen LogP contribution in [0.2, 0.25) is 0 Å². The molecule has 4 heteroatoms. The lowest BCUT2D eigenvalue weighted by Crippen LogP contribution is -2.10. The van der Waals surface area contributed by atoms with Gasteiger partial charge in [0.1, 0.15) is 5.82 Å². The first kappa shape index (κ1) is 7.13. The summed E-state index contributed by atoms with van der Waals surface area (Å²) in [5.74, 6) is -0.0486. The predicted octanol–water partition coefficient (Wildman–Crippen LogP) is 0.519. The second kappa shape index (κ2) is 3.17. The van der Waals surface area contributed by atoms with Gasteiger partial charge in [0.15, 0.2) is 0 Å². The zero-order chi connectivity index (χ0) is 6.57. The Morgan fingerprint density at radius 3 is 2.50 bits per heavy atom. The summed E-state index contributed by atoms with van der Waals surface area (Å²) in [6, 6.07) is 0. The molecule has 0 radical (unpaired) electrons. The molecule has 0 aliphatic heterocycles. The summed E-state index contributed by atoms with van der Waals surface area (Å²) >= 11 is 0. The van der Waals surface area contributed by atoms with Crippen LogP contribution in [-0.2, 0) is 4.84 Å². The van der Waals surface area contributed by atoms with E-state index in [2.05, 4.69) is 23.1 Å². The Balaban J connectivity index is 3.62. The second-order valence-corrected chi connectivity index (χ2v) is 1.01. The molecular formula is C4H7N2O2-. The number of aliphatic imine (C=N–C) groups is 1. The van der Waals surface area contributed by atoms with Crippen LogP contribution >= 0.6 is 0 Å². The van der Waals surface area contributed by atoms with E-state index in [0.29, 0.717) is 0 Å². The summed E-state index contributed by atoms with van der Waals surface area (Å²) in [4.78, 5) is 7.35. The molecule has 8 heavy (non-hydrogen) atoms. The van der Waals surface area contributed by atoms with Crippen LogP contribution in [-0.4, -0.2) is 19.1 Å². The zero-order valence-corrected chi connectivity index (χ0v) is 4.63. The highest BCUT2D eigenvalue weighted by atomic mass is 16.9. The van der Waals surface area contributed by atoms with Crippen molar-refractivity contribution in [2.45, 2.75) is 0 Å². The van der Waals surface area contributed by atoms with Gasteiger partial charge >= 0.3 is 0 Å². The molecule has 0 aliphatic rings. The monoisotopic (exact) mass is 115 g/mol. The highest BCUT2D eigenvalue weighted by Crippen LogP contribution is 1.97. The molecule has 0 fully saturated rings. The van der Waals surface area contributed by atoms with Gasteiger partial charge in [-0.2, -0.15) is 0 Å². The van der Waals surface area contributed by atoms with Gasteiger partial charge < -0.3 is 10.4 Å². The highest BCUT2D eigenvalue weighted by Gasteiger charge is 1.85. The molecule has 0 spiro atoms. The molecule has 4 nitrogen and oxygen atoms in total. The van der Waals surface area contributed by atoms with E-state index < -0.39 is 0 Å². The van der Waals surface area contributed by atoms with Gasteiger partial charge in [-0.15, -0.1) is 0 Å². The van der Waals surface area contributed by atoms with E-state index >= 15 is 0 Å². The molecule has 46 valence electrons. The third kappa shape index (κ3) is 1.72. The van der Waals surface area contributed by atoms with Crippen molar-refractivity contribution in [1.82, 2.24) is 5.23 Å². The van der Waals surface area contributed by atoms with Crippen molar-refractivity contribution in [3.8, 4) is 0 Å². The molecule has 0 aromatic carbocycles. The molecular weight excluding hydrogens is 108 g/mol. The Bertz CT molecular complexity index is 102. The third-order valence-electron chi connectivity index (χ3n) is 0.559. The Morgan fingerprint density at radius 1 is 1.88 bits per heavy atom. The van der Waals surface area contributed by atoms with Crippen LogP contribution in [0.1, 0.15) is 0 Å². The molecule has 0 saturated carbocycles. The molecule has 0 bridgehead atoms. The average Bonchev–Trinajstić information content (AvgIpc) is 1.84. The highest BCUT2D eigenvalue weighted by molar-refractivity contribution is 5.27. The first-order valence-electron chi connectivity index (χ1n) is 1.89. The van der Waals surface area contributed by atoms with E-state index in [1.165, 1.54) is 7.11 Å². The molecule has 0 aromatic rings. The van der Waals surface area contributed by atoms with Gasteiger partial charge in [-0.25, -0.2) is 4.99 Å². The van der Waals surface area contributed by atoms with Gasteiger partial charge in [0, 0.05) is 0 Å². The minimum Gasteiger partial charge on any atom is -0.732 e. The molecule has 0 amide bonds. The lowest BCUT2D eigenvalue weighted by atomic mass is 10.8. The summed E-state index contributed by atoms with van der Waals surface area (Å²) < 4.78 is 0. The number of nitrogens with zero attached hydrogens (tertiary/aromatic N) is 2. The minimum atomic E-state index is -0.0486. The summed E-state index contributed by atoms with van der Waals surface area (Å²) in [7, 11) is 1.23. The lowest BCUT2D eigenvalue weighted by Gasteiger charge is -2.25. The van der Waals surface area contributed by atoms with Crippen molar-refractivity contribution < 1.29 is 4.84 Å². The first-order chi connectivity index (χ1) is 3.72. The molecule has 0 atom stereocenters. The van der Waals surface area contributed by atoms with E-state index in [-0.39, 0.29) is 11.0 Å². The maximum Gasteiger partial charge on any atom is 0.134 e. The Hall–Kier alpha value is -0.870. The normalized spacial score (nSPS) is 8.25. The van der Waals surface area contributed by atoms with Crippen LogP contribution in [0.3, 0.4) is 0 Å². The quantitative estimate of drug-likeness (QED) is 0.398. The van der Waals surface area contributed by atoms with Crippen molar-refractivity contribution in [3.05, 3.63) is 17.6 Å². The Morgan fingerprint density at radius 2 is 2.38 bits per heavy atom. The van der Waals surface area contributed by atoms with Crippen LogP contribution in [0.5, 0.6) is 0 Å². The summed E-state index contributed by atoms with van der Waals surface area (Å²) in [5, 5.41) is 10.4. The molecule has 0 saturated heterocycles. The standard InChI is InChI=1S/C4H7N2O2/c1-4(5-2)6(7)8-3/h1-2H2,3H3/q-1. The molecule has 0 heterocycles. The summed E-state index contributed by atoms with van der Waals surface area (Å²) in [6.07, 6.45) is 0. The van der Waals surface area contributed by atoms with Gasteiger partial charge in [-0.3, -0.25) is 4.84 Å². The van der Waals surface area contributed by atoms with Crippen LogP contribution in [0, 0.1) is 5.21 Å². The van der Waals surface area contributed by atoms with Crippen molar-refractivity contribution in [2.75, 3.05) is 7.11 Å². The summed E-state index contributed by atoms with van der Waals surface area (Å²) in [5.41, 5.74) is 0. The Labute approximate surface area is 47.6 Å². The third-order valence-corrected chi connectivity index (χ3v) is 0.559. The van der Waals surface area contributed by atoms with Gasteiger partial charge in [0.25, 0.3) is 0 Å². The van der Waals surface area contributed by atoms with E-state index in [0.717, 1.165) is 0 Å². The second-order valence-electron chi connectivity index (χ2n) is 1.01. The van der Waals surface area contributed by atoms with Crippen LogP contribution in [0.4, 0.5) is 0 Å². The summed E-state index contributed by atoms with van der Waals surface area (Å²) in [6.45, 7) is 6.26. The Kier molecular flexibility index (Phi) is 2.83. The van der Waals surface area contributed by atoms with Crippen LogP contribution < -0.4 is 0 Å². The van der Waals surface area contributed by atoms with Crippen LogP contribution in [0.25, 0.3) is 0 Å². The predicted molar refractivity (Wildman–Crippen MR) is 30.9 cm³/mol. The topological polar surface area (TPSA) is 47.9 Å². The number of hydroxylamine groups is 2. The molecule has 0 unspecified atom stereocenters. The van der Waals surface area contributed by atoms with Gasteiger partial charge in [-0.05, 0) is 6.72 Å². The van der Waals surface area contributed by atoms with Crippen LogP contribution in [0.15, 0.2) is 17.4 Å². The van der Waals surface area contributed by atoms with Gasteiger partial charge in [0.05, 0.1) is 7.11 Å². The molecule has 0 N–H and O–H groups in total. The molecule has 0 aromatic heterocycles. The van der Waals surface area contributed by atoms with E-state index in [1.807, 2.05) is 0 Å². The fourth-order valence-corrected chi connectivity index (χ4v) is 0.163. The van der Waals surface area contributed by atoms with Crippen molar-refractivity contribution in [3.63, 3.8) is 0 Å². The van der Waals surface area contributed by atoms with Crippen molar-refractivity contribution in [1.29, 1.82) is 0 Å². The molecule has 0 aliphatic carbocycles. The van der Waals surface area contributed by atoms with Gasteiger partial charge in [-0.1, -0.05) is 6.58 Å². The number of hydrogen-bond acceptors (Lipinski definition) is 4. The van der Waals surface area contributed by atoms with E-state index in [9.17, 15) is 5.21 Å². The number of rotatable bonds is 3. The maximum absolute atomic E-state index is 10.2.